The van der Waals surface area contributed by atoms with Crippen LogP contribution in [0.25, 0.3) is 0 Å². The van der Waals surface area contributed by atoms with Crippen molar-refractivity contribution in [2.45, 2.75) is 32.4 Å². The molecule has 3 rings (SSSR count). The van der Waals surface area contributed by atoms with Crippen molar-refractivity contribution in [3.63, 3.8) is 0 Å². The number of nitrogens with one attached hydrogen (secondary N) is 1. The summed E-state index contributed by atoms with van der Waals surface area (Å²) in [5.74, 6) is 1.10. The van der Waals surface area contributed by atoms with E-state index in [2.05, 4.69) is 15.5 Å². The molecule has 1 saturated heterocycles. The Labute approximate surface area is 163 Å². The summed E-state index contributed by atoms with van der Waals surface area (Å²) in [6, 6.07) is 7.42. The van der Waals surface area contributed by atoms with Gasteiger partial charge in [0.1, 0.15) is 6.54 Å². The third-order valence-corrected chi connectivity index (χ3v) is 4.52. The van der Waals surface area contributed by atoms with Crippen LogP contribution in [0.2, 0.25) is 0 Å². The molecule has 0 radical (unpaired) electrons. The van der Waals surface area contributed by atoms with E-state index in [4.69, 9.17) is 9.26 Å². The molecule has 150 valence electrons. The van der Waals surface area contributed by atoms with Gasteiger partial charge in [0, 0.05) is 45.8 Å². The molecule has 1 aromatic carbocycles. The van der Waals surface area contributed by atoms with E-state index in [1.165, 1.54) is 4.90 Å². The van der Waals surface area contributed by atoms with E-state index in [0.717, 1.165) is 24.2 Å². The summed E-state index contributed by atoms with van der Waals surface area (Å²) in [7, 11) is 3.27. The van der Waals surface area contributed by atoms with Crippen LogP contribution in [0.1, 0.15) is 30.1 Å². The van der Waals surface area contributed by atoms with Crippen LogP contribution in [0.5, 0.6) is 0 Å². The second kappa shape index (κ2) is 9.32. The van der Waals surface area contributed by atoms with Crippen LogP contribution in [0.4, 0.5) is 10.5 Å². The monoisotopic (exact) mass is 387 g/mol. The molecule has 3 amide bonds. The maximum atomic E-state index is 12.3. The van der Waals surface area contributed by atoms with Gasteiger partial charge < -0.3 is 24.4 Å². The summed E-state index contributed by atoms with van der Waals surface area (Å²) in [4.78, 5) is 31.6. The van der Waals surface area contributed by atoms with Crippen LogP contribution in [0.15, 0.2) is 28.8 Å². The first-order valence-electron chi connectivity index (χ1n) is 9.25. The Morgan fingerprint density at radius 2 is 2.14 bits per heavy atom. The van der Waals surface area contributed by atoms with Crippen LogP contribution < -0.4 is 10.2 Å². The van der Waals surface area contributed by atoms with Gasteiger partial charge in [-0.1, -0.05) is 17.3 Å². The highest BCUT2D eigenvalue weighted by Gasteiger charge is 2.21. The predicted octanol–water partition coefficient (Wildman–Crippen LogP) is 1.73. The molecule has 28 heavy (non-hydrogen) atoms. The van der Waals surface area contributed by atoms with Crippen LogP contribution >= 0.6 is 0 Å². The number of ether oxygens (including phenoxy) is 1. The molecule has 1 aliphatic rings. The minimum atomic E-state index is -0.240. The van der Waals surface area contributed by atoms with Crippen LogP contribution in [0.3, 0.4) is 0 Å². The molecule has 1 aliphatic heterocycles. The van der Waals surface area contributed by atoms with Crippen LogP contribution in [-0.2, 0) is 29.0 Å². The fourth-order valence-corrected chi connectivity index (χ4v) is 2.95. The number of aromatic nitrogens is 2. The highest BCUT2D eigenvalue weighted by atomic mass is 16.5. The molecule has 2 aromatic rings. The van der Waals surface area contributed by atoms with Gasteiger partial charge in [0.25, 0.3) is 0 Å². The Balaban J connectivity index is 1.46. The van der Waals surface area contributed by atoms with Gasteiger partial charge in [0.15, 0.2) is 5.82 Å². The second-order valence-corrected chi connectivity index (χ2v) is 6.68. The maximum Gasteiger partial charge on any atom is 0.317 e. The number of benzene rings is 1. The number of rotatable bonds is 8. The Bertz CT molecular complexity index is 805. The molecule has 1 aromatic heterocycles. The number of carbonyl (C=O) groups excluding carboxylic acids is 2. The molecular formula is C19H25N5O4. The van der Waals surface area contributed by atoms with Crippen molar-refractivity contribution in [3.8, 4) is 0 Å². The predicted molar refractivity (Wildman–Crippen MR) is 102 cm³/mol. The van der Waals surface area contributed by atoms with Crippen molar-refractivity contribution >= 4 is 17.6 Å². The summed E-state index contributed by atoms with van der Waals surface area (Å²) in [5, 5.41) is 6.71. The van der Waals surface area contributed by atoms with Crippen molar-refractivity contribution in [1.29, 1.82) is 0 Å². The van der Waals surface area contributed by atoms with E-state index in [1.54, 1.807) is 19.1 Å². The molecule has 9 nitrogen and oxygen atoms in total. The number of urea groups is 1. The maximum absolute atomic E-state index is 12.3. The van der Waals surface area contributed by atoms with E-state index in [-0.39, 0.29) is 18.5 Å². The topological polar surface area (TPSA) is 101 Å². The summed E-state index contributed by atoms with van der Waals surface area (Å²) in [6.07, 6.45) is 2.07. The molecule has 0 spiro atoms. The number of methoxy groups -OCH3 is 1. The standard InChI is InChI=1S/C19H25N5O4/c1-23(13-17-21-16(22-28-17)9-11-27-2)19(26)20-12-14-5-7-15(8-6-14)24-10-3-4-18(24)25/h5-8H,3-4,9-13H2,1-2H3,(H,20,26). The summed E-state index contributed by atoms with van der Waals surface area (Å²) in [6.45, 7) is 1.89. The quantitative estimate of drug-likeness (QED) is 0.740. The van der Waals surface area contributed by atoms with Gasteiger partial charge in [-0.05, 0) is 24.1 Å². The number of amides is 3. The van der Waals surface area contributed by atoms with Crippen LogP contribution in [-0.4, -0.2) is 54.3 Å². The Morgan fingerprint density at radius 3 is 2.82 bits per heavy atom. The smallest absolute Gasteiger partial charge is 0.317 e. The average molecular weight is 387 g/mol. The lowest BCUT2D eigenvalue weighted by Crippen LogP contribution is -2.36. The third-order valence-electron chi connectivity index (χ3n) is 4.52. The zero-order chi connectivity index (χ0) is 19.9. The first kappa shape index (κ1) is 19.8. The van der Waals surface area contributed by atoms with Crippen molar-refractivity contribution in [3.05, 3.63) is 41.5 Å². The fraction of sp³-hybridized carbons (Fsp3) is 0.474. The normalized spacial score (nSPS) is 13.8. The molecule has 0 atom stereocenters. The lowest BCUT2D eigenvalue weighted by atomic mass is 10.2. The zero-order valence-corrected chi connectivity index (χ0v) is 16.2. The van der Waals surface area contributed by atoms with Gasteiger partial charge in [0.05, 0.1) is 6.61 Å². The number of nitrogens with zero attached hydrogens (tertiary/aromatic N) is 4. The van der Waals surface area contributed by atoms with Gasteiger partial charge in [-0.2, -0.15) is 4.98 Å². The summed E-state index contributed by atoms with van der Waals surface area (Å²) < 4.78 is 10.1. The van der Waals surface area contributed by atoms with Crippen molar-refractivity contribution in [2.75, 3.05) is 32.2 Å². The SMILES string of the molecule is COCCc1noc(CN(C)C(=O)NCc2ccc(N3CCCC3=O)cc2)n1. The zero-order valence-electron chi connectivity index (χ0n) is 16.2. The minimum Gasteiger partial charge on any atom is -0.384 e. The van der Waals surface area contributed by atoms with Crippen molar-refractivity contribution < 1.29 is 18.8 Å². The number of carbonyl (C=O) groups is 2. The first-order valence-corrected chi connectivity index (χ1v) is 9.25. The molecular weight excluding hydrogens is 362 g/mol. The molecule has 0 bridgehead atoms. The first-order chi connectivity index (χ1) is 13.6. The van der Waals surface area contributed by atoms with Gasteiger partial charge >= 0.3 is 6.03 Å². The Kier molecular flexibility index (Phi) is 6.59. The van der Waals surface area contributed by atoms with E-state index < -0.39 is 0 Å². The van der Waals surface area contributed by atoms with Gasteiger partial charge in [-0.3, -0.25) is 4.79 Å². The Morgan fingerprint density at radius 1 is 1.36 bits per heavy atom. The van der Waals surface area contributed by atoms with Gasteiger partial charge in [-0.25, -0.2) is 4.79 Å². The highest BCUT2D eigenvalue weighted by molar-refractivity contribution is 5.95. The van der Waals surface area contributed by atoms with Gasteiger partial charge in [-0.15, -0.1) is 0 Å². The molecule has 1 fully saturated rings. The molecule has 9 heteroatoms. The van der Waals surface area contributed by atoms with Gasteiger partial charge in [0.2, 0.25) is 11.8 Å². The summed E-state index contributed by atoms with van der Waals surface area (Å²) in [5.41, 5.74) is 1.85. The Hall–Kier alpha value is -2.94. The molecule has 0 aliphatic carbocycles. The molecule has 2 heterocycles. The average Bonchev–Trinajstić information content (AvgIpc) is 3.33. The second-order valence-electron chi connectivity index (χ2n) is 6.68. The minimum absolute atomic E-state index is 0.161. The lowest BCUT2D eigenvalue weighted by molar-refractivity contribution is -0.117. The third kappa shape index (κ3) is 5.07. The molecule has 1 N–H and O–H groups in total. The number of hydrogen-bond donors (Lipinski definition) is 1. The molecule has 0 saturated carbocycles. The number of anilines is 1. The van der Waals surface area contributed by atoms with Crippen LogP contribution in [0, 0.1) is 0 Å². The van der Waals surface area contributed by atoms with Crippen molar-refractivity contribution in [2.24, 2.45) is 0 Å². The van der Waals surface area contributed by atoms with E-state index in [9.17, 15) is 9.59 Å². The lowest BCUT2D eigenvalue weighted by Gasteiger charge is -2.17. The van der Waals surface area contributed by atoms with E-state index >= 15 is 0 Å². The van der Waals surface area contributed by atoms with E-state index in [1.807, 2.05) is 24.3 Å². The largest absolute Gasteiger partial charge is 0.384 e. The number of hydrogen-bond acceptors (Lipinski definition) is 6. The summed E-state index contributed by atoms with van der Waals surface area (Å²) >= 11 is 0. The highest BCUT2D eigenvalue weighted by Crippen LogP contribution is 2.21. The van der Waals surface area contributed by atoms with Crippen molar-refractivity contribution in [1.82, 2.24) is 20.4 Å². The molecule has 0 unspecified atom stereocenters. The fourth-order valence-electron chi connectivity index (χ4n) is 2.95. The van der Waals surface area contributed by atoms with E-state index in [0.29, 0.717) is 37.7 Å².